The maximum atomic E-state index is 12.4. The number of piperidine rings is 1. The number of hydrogen-bond acceptors (Lipinski definition) is 3. The lowest BCUT2D eigenvalue weighted by Gasteiger charge is -2.36. The first kappa shape index (κ1) is 15.0. The minimum Gasteiger partial charge on any atom is -0.351 e. The van der Waals surface area contributed by atoms with E-state index in [0.717, 1.165) is 37.2 Å². The third kappa shape index (κ3) is 3.57. The van der Waals surface area contributed by atoms with Gasteiger partial charge in [-0.25, -0.2) is 0 Å². The van der Waals surface area contributed by atoms with E-state index >= 15 is 0 Å². The molecule has 1 aromatic rings. The second kappa shape index (κ2) is 6.35. The lowest BCUT2D eigenvalue weighted by atomic mass is 9.74. The zero-order valence-corrected chi connectivity index (χ0v) is 12.7. The molecule has 2 N–H and O–H groups in total. The molecule has 1 aromatic heterocycles. The topological polar surface area (TPSA) is 54.0 Å². The standard InChI is InChI=1S/C16H25N3O/c1-12-6-7-13(9-18-12)10-19-15(20)16(2,3)14-5-4-8-17-11-14/h6-7,9,14,17H,4-5,8,10-11H2,1-3H3,(H,19,20). The average Bonchev–Trinajstić information content (AvgIpc) is 2.47. The van der Waals surface area contributed by atoms with Crippen molar-refractivity contribution in [2.45, 2.75) is 40.2 Å². The van der Waals surface area contributed by atoms with Gasteiger partial charge in [-0.3, -0.25) is 9.78 Å². The highest BCUT2D eigenvalue weighted by Gasteiger charge is 2.36. The molecular formula is C16H25N3O. The van der Waals surface area contributed by atoms with Crippen LogP contribution in [0.2, 0.25) is 0 Å². The van der Waals surface area contributed by atoms with Gasteiger partial charge in [-0.2, -0.15) is 0 Å². The molecule has 0 aliphatic carbocycles. The van der Waals surface area contributed by atoms with E-state index in [2.05, 4.69) is 15.6 Å². The zero-order chi connectivity index (χ0) is 14.6. The van der Waals surface area contributed by atoms with Gasteiger partial charge in [0.15, 0.2) is 0 Å². The summed E-state index contributed by atoms with van der Waals surface area (Å²) in [4.78, 5) is 16.7. The van der Waals surface area contributed by atoms with E-state index in [1.807, 2.05) is 39.1 Å². The maximum Gasteiger partial charge on any atom is 0.226 e. The fourth-order valence-corrected chi connectivity index (χ4v) is 2.67. The molecule has 0 spiro atoms. The van der Waals surface area contributed by atoms with Crippen LogP contribution < -0.4 is 10.6 Å². The summed E-state index contributed by atoms with van der Waals surface area (Å²) < 4.78 is 0. The molecule has 0 bridgehead atoms. The molecule has 20 heavy (non-hydrogen) atoms. The maximum absolute atomic E-state index is 12.4. The van der Waals surface area contributed by atoms with E-state index in [4.69, 9.17) is 0 Å². The van der Waals surface area contributed by atoms with Crippen LogP contribution in [0.15, 0.2) is 18.3 Å². The van der Waals surface area contributed by atoms with Gasteiger partial charge in [-0.15, -0.1) is 0 Å². The van der Waals surface area contributed by atoms with Gasteiger partial charge in [0.2, 0.25) is 5.91 Å². The van der Waals surface area contributed by atoms with Crippen LogP contribution >= 0.6 is 0 Å². The molecule has 2 heterocycles. The summed E-state index contributed by atoms with van der Waals surface area (Å²) in [6, 6.07) is 3.98. The van der Waals surface area contributed by atoms with E-state index < -0.39 is 0 Å². The van der Waals surface area contributed by atoms with Crippen LogP contribution in [0.4, 0.5) is 0 Å². The molecule has 1 amide bonds. The van der Waals surface area contributed by atoms with Crippen molar-refractivity contribution in [1.29, 1.82) is 0 Å². The third-order valence-corrected chi connectivity index (χ3v) is 4.33. The van der Waals surface area contributed by atoms with E-state index in [1.165, 1.54) is 0 Å². The van der Waals surface area contributed by atoms with Gasteiger partial charge in [0, 0.05) is 23.9 Å². The Kier molecular flexibility index (Phi) is 4.76. The van der Waals surface area contributed by atoms with Gasteiger partial charge in [0.05, 0.1) is 0 Å². The van der Waals surface area contributed by atoms with E-state index in [-0.39, 0.29) is 11.3 Å². The number of hydrogen-bond donors (Lipinski definition) is 2. The molecule has 2 rings (SSSR count). The first-order valence-corrected chi connectivity index (χ1v) is 7.40. The largest absolute Gasteiger partial charge is 0.351 e. The molecule has 1 aliphatic rings. The van der Waals surface area contributed by atoms with Crippen molar-refractivity contribution >= 4 is 5.91 Å². The highest BCUT2D eigenvalue weighted by Crippen LogP contribution is 2.31. The fourth-order valence-electron chi connectivity index (χ4n) is 2.67. The number of nitrogens with one attached hydrogen (secondary N) is 2. The van der Waals surface area contributed by atoms with Crippen LogP contribution in [0.3, 0.4) is 0 Å². The Labute approximate surface area is 121 Å². The molecule has 0 aromatic carbocycles. The Hall–Kier alpha value is -1.42. The minimum absolute atomic E-state index is 0.131. The number of amides is 1. The molecule has 1 atom stereocenters. The number of nitrogens with zero attached hydrogens (tertiary/aromatic N) is 1. The third-order valence-electron chi connectivity index (χ3n) is 4.33. The second-order valence-electron chi connectivity index (χ2n) is 6.26. The molecule has 0 saturated carbocycles. The summed E-state index contributed by atoms with van der Waals surface area (Å²) in [5, 5.41) is 6.44. The number of aromatic nitrogens is 1. The highest BCUT2D eigenvalue weighted by molar-refractivity contribution is 5.82. The van der Waals surface area contributed by atoms with Crippen LogP contribution in [0.5, 0.6) is 0 Å². The first-order chi connectivity index (χ1) is 9.50. The molecule has 0 radical (unpaired) electrons. The Bertz CT molecular complexity index is 447. The van der Waals surface area contributed by atoms with Crippen LogP contribution in [0.25, 0.3) is 0 Å². The van der Waals surface area contributed by atoms with Crippen LogP contribution in [0, 0.1) is 18.3 Å². The van der Waals surface area contributed by atoms with Crippen molar-refractivity contribution < 1.29 is 4.79 Å². The van der Waals surface area contributed by atoms with Gasteiger partial charge in [0.1, 0.15) is 0 Å². The number of carbonyl (C=O) groups excluding carboxylic acids is 1. The molecule has 1 unspecified atom stereocenters. The smallest absolute Gasteiger partial charge is 0.226 e. The molecule has 1 aliphatic heterocycles. The van der Waals surface area contributed by atoms with E-state index in [1.54, 1.807) is 0 Å². The van der Waals surface area contributed by atoms with Gasteiger partial charge in [0.25, 0.3) is 0 Å². The monoisotopic (exact) mass is 275 g/mol. The minimum atomic E-state index is -0.328. The predicted molar refractivity (Wildman–Crippen MR) is 80.2 cm³/mol. The van der Waals surface area contributed by atoms with Gasteiger partial charge >= 0.3 is 0 Å². The first-order valence-electron chi connectivity index (χ1n) is 7.40. The van der Waals surface area contributed by atoms with Crippen molar-refractivity contribution in [3.63, 3.8) is 0 Å². The van der Waals surface area contributed by atoms with Crippen LogP contribution in [0.1, 0.15) is 37.9 Å². The number of rotatable bonds is 4. The van der Waals surface area contributed by atoms with E-state index in [0.29, 0.717) is 12.5 Å². The SMILES string of the molecule is Cc1ccc(CNC(=O)C(C)(C)C2CCCNC2)cn1. The summed E-state index contributed by atoms with van der Waals surface area (Å²) in [6.45, 7) is 8.62. The van der Waals surface area contributed by atoms with Crippen molar-refractivity contribution in [2.24, 2.45) is 11.3 Å². The molecule has 1 saturated heterocycles. The van der Waals surface area contributed by atoms with Gasteiger partial charge < -0.3 is 10.6 Å². The number of aryl methyl sites for hydroxylation is 1. The van der Waals surface area contributed by atoms with Crippen molar-refractivity contribution in [1.82, 2.24) is 15.6 Å². The van der Waals surface area contributed by atoms with Crippen LogP contribution in [-0.4, -0.2) is 24.0 Å². The average molecular weight is 275 g/mol. The Morgan fingerprint density at radius 2 is 2.30 bits per heavy atom. The fraction of sp³-hybridized carbons (Fsp3) is 0.625. The van der Waals surface area contributed by atoms with Gasteiger partial charge in [-0.1, -0.05) is 19.9 Å². The summed E-state index contributed by atoms with van der Waals surface area (Å²) >= 11 is 0. The molecule has 4 heteroatoms. The van der Waals surface area contributed by atoms with Crippen LogP contribution in [-0.2, 0) is 11.3 Å². The second-order valence-corrected chi connectivity index (χ2v) is 6.26. The summed E-state index contributed by atoms with van der Waals surface area (Å²) in [5.74, 6) is 0.541. The summed E-state index contributed by atoms with van der Waals surface area (Å²) in [6.07, 6.45) is 4.10. The Morgan fingerprint density at radius 3 is 2.90 bits per heavy atom. The number of pyridine rings is 1. The molecule has 110 valence electrons. The zero-order valence-electron chi connectivity index (χ0n) is 12.7. The molecular weight excluding hydrogens is 250 g/mol. The molecule has 1 fully saturated rings. The Morgan fingerprint density at radius 1 is 1.50 bits per heavy atom. The molecule has 4 nitrogen and oxygen atoms in total. The van der Waals surface area contributed by atoms with Gasteiger partial charge in [-0.05, 0) is 50.4 Å². The number of carbonyl (C=O) groups is 1. The lowest BCUT2D eigenvalue weighted by Crippen LogP contribution is -2.47. The quantitative estimate of drug-likeness (QED) is 0.884. The van der Waals surface area contributed by atoms with Crippen molar-refractivity contribution in [3.8, 4) is 0 Å². The predicted octanol–water partition coefficient (Wildman–Crippen LogP) is 2.03. The van der Waals surface area contributed by atoms with Crippen molar-refractivity contribution in [2.75, 3.05) is 13.1 Å². The van der Waals surface area contributed by atoms with Crippen molar-refractivity contribution in [3.05, 3.63) is 29.6 Å². The normalized spacial score (nSPS) is 19.6. The summed E-state index contributed by atoms with van der Waals surface area (Å²) in [5.41, 5.74) is 1.71. The van der Waals surface area contributed by atoms with E-state index in [9.17, 15) is 4.79 Å². The Balaban J connectivity index is 1.91. The highest BCUT2D eigenvalue weighted by atomic mass is 16.2. The lowest BCUT2D eigenvalue weighted by molar-refractivity contribution is -0.132. The summed E-state index contributed by atoms with van der Waals surface area (Å²) in [7, 11) is 0.